The first-order chi connectivity index (χ1) is 24.8. The Bertz CT molecular complexity index is 2780. The molecule has 3 heterocycles. The lowest BCUT2D eigenvalue weighted by atomic mass is 10.0. The van der Waals surface area contributed by atoms with Crippen molar-refractivity contribution in [1.29, 1.82) is 0 Å². The van der Waals surface area contributed by atoms with E-state index < -0.39 is 0 Å². The molecule has 0 radical (unpaired) electrons. The summed E-state index contributed by atoms with van der Waals surface area (Å²) in [4.78, 5) is 14.6. The SMILES string of the molecule is c1ccc(-c2nc(-c3ccccc3)nc(-c3ccc(-c4ccc5c(c4)oc4ccc6c7ccccc7n(-c7ccccc7)c6c45)cc3)n2)cc1. The quantitative estimate of drug-likeness (QED) is 0.188. The third-order valence-corrected chi connectivity index (χ3v) is 9.46. The van der Waals surface area contributed by atoms with Crippen LogP contribution in [0.4, 0.5) is 0 Å². The summed E-state index contributed by atoms with van der Waals surface area (Å²) in [5, 5.41) is 4.66. The van der Waals surface area contributed by atoms with Gasteiger partial charge >= 0.3 is 0 Å². The second-order valence-corrected chi connectivity index (χ2v) is 12.5. The van der Waals surface area contributed by atoms with Crippen LogP contribution in [0.3, 0.4) is 0 Å². The van der Waals surface area contributed by atoms with Gasteiger partial charge in [0.15, 0.2) is 17.5 Å². The summed E-state index contributed by atoms with van der Waals surface area (Å²) in [6.07, 6.45) is 0. The predicted octanol–water partition coefficient (Wildman–Crippen LogP) is 11.5. The highest BCUT2D eigenvalue weighted by Gasteiger charge is 2.19. The lowest BCUT2D eigenvalue weighted by molar-refractivity contribution is 0.669. The van der Waals surface area contributed by atoms with Gasteiger partial charge in [0.2, 0.25) is 0 Å². The summed E-state index contributed by atoms with van der Waals surface area (Å²) >= 11 is 0. The minimum atomic E-state index is 0.634. The van der Waals surface area contributed by atoms with Crippen LogP contribution in [-0.4, -0.2) is 19.5 Å². The van der Waals surface area contributed by atoms with Gasteiger partial charge in [-0.25, -0.2) is 15.0 Å². The number of hydrogen-bond acceptors (Lipinski definition) is 4. The molecule has 0 spiro atoms. The van der Waals surface area contributed by atoms with Crippen LogP contribution in [0.2, 0.25) is 0 Å². The van der Waals surface area contributed by atoms with Crippen molar-refractivity contribution in [2.75, 3.05) is 0 Å². The van der Waals surface area contributed by atoms with Gasteiger partial charge in [-0.15, -0.1) is 0 Å². The Labute approximate surface area is 287 Å². The summed E-state index contributed by atoms with van der Waals surface area (Å²) in [5.74, 6) is 1.93. The molecule has 0 aliphatic heterocycles. The Hall–Kier alpha value is -6.85. The molecular weight excluding hydrogens is 613 g/mol. The third kappa shape index (κ3) is 4.60. The molecule has 0 fully saturated rings. The number of fused-ring (bicyclic) bond motifs is 7. The second kappa shape index (κ2) is 11.4. The Morgan fingerprint density at radius 1 is 0.380 bits per heavy atom. The van der Waals surface area contributed by atoms with E-state index in [4.69, 9.17) is 19.4 Å². The van der Waals surface area contributed by atoms with Crippen molar-refractivity contribution in [3.05, 3.63) is 170 Å². The summed E-state index contributed by atoms with van der Waals surface area (Å²) in [6.45, 7) is 0. The van der Waals surface area contributed by atoms with Crippen molar-refractivity contribution in [3.63, 3.8) is 0 Å². The largest absolute Gasteiger partial charge is 0.456 e. The summed E-state index contributed by atoms with van der Waals surface area (Å²) in [5.41, 5.74) is 10.2. The van der Waals surface area contributed by atoms with E-state index in [1.807, 2.05) is 60.7 Å². The van der Waals surface area contributed by atoms with Gasteiger partial charge in [0.1, 0.15) is 11.2 Å². The summed E-state index contributed by atoms with van der Waals surface area (Å²) in [7, 11) is 0. The molecule has 0 aliphatic rings. The maximum Gasteiger partial charge on any atom is 0.164 e. The molecule has 0 atom stereocenters. The predicted molar refractivity (Wildman–Crippen MR) is 203 cm³/mol. The van der Waals surface area contributed by atoms with Crippen LogP contribution in [0.5, 0.6) is 0 Å². The first-order valence-electron chi connectivity index (χ1n) is 16.7. The highest BCUT2D eigenvalue weighted by molar-refractivity contribution is 6.24. The zero-order valence-electron chi connectivity index (χ0n) is 26.9. The van der Waals surface area contributed by atoms with E-state index in [1.165, 1.54) is 16.3 Å². The normalized spacial score (nSPS) is 11.6. The van der Waals surface area contributed by atoms with Gasteiger partial charge in [-0.2, -0.15) is 0 Å². The molecule has 10 aromatic rings. The van der Waals surface area contributed by atoms with E-state index in [0.717, 1.165) is 61.0 Å². The summed E-state index contributed by atoms with van der Waals surface area (Å²) < 4.78 is 8.94. The first-order valence-corrected chi connectivity index (χ1v) is 16.7. The molecule has 10 rings (SSSR count). The lowest BCUT2D eigenvalue weighted by Gasteiger charge is -2.09. The smallest absolute Gasteiger partial charge is 0.164 e. The average molecular weight is 641 g/mol. The molecule has 3 aromatic heterocycles. The molecule has 0 N–H and O–H groups in total. The van der Waals surface area contributed by atoms with Crippen molar-refractivity contribution in [1.82, 2.24) is 19.5 Å². The number of hydrogen-bond donors (Lipinski definition) is 0. The van der Waals surface area contributed by atoms with E-state index in [0.29, 0.717) is 17.5 Å². The van der Waals surface area contributed by atoms with Gasteiger partial charge in [0.25, 0.3) is 0 Å². The minimum Gasteiger partial charge on any atom is -0.456 e. The van der Waals surface area contributed by atoms with Crippen LogP contribution in [0.25, 0.3) is 94.7 Å². The highest BCUT2D eigenvalue weighted by atomic mass is 16.3. The van der Waals surface area contributed by atoms with Gasteiger partial charge in [-0.1, -0.05) is 127 Å². The average Bonchev–Trinajstić information content (AvgIpc) is 3.74. The first kappa shape index (κ1) is 28.2. The van der Waals surface area contributed by atoms with Crippen molar-refractivity contribution in [3.8, 4) is 51.0 Å². The Kier molecular flexibility index (Phi) is 6.42. The Morgan fingerprint density at radius 2 is 0.900 bits per heavy atom. The van der Waals surface area contributed by atoms with Gasteiger partial charge in [-0.05, 0) is 53.6 Å². The highest BCUT2D eigenvalue weighted by Crippen LogP contribution is 2.41. The van der Waals surface area contributed by atoms with Crippen LogP contribution in [0.1, 0.15) is 0 Å². The molecule has 7 aromatic carbocycles. The van der Waals surface area contributed by atoms with Crippen LogP contribution in [-0.2, 0) is 0 Å². The molecule has 234 valence electrons. The fourth-order valence-electron chi connectivity index (χ4n) is 7.09. The molecule has 0 aliphatic carbocycles. The fraction of sp³-hybridized carbons (Fsp3) is 0. The van der Waals surface area contributed by atoms with Crippen molar-refractivity contribution in [2.45, 2.75) is 0 Å². The number of nitrogens with zero attached hydrogens (tertiary/aromatic N) is 4. The Balaban J connectivity index is 1.08. The topological polar surface area (TPSA) is 56.7 Å². The van der Waals surface area contributed by atoms with E-state index in [9.17, 15) is 0 Å². The number of para-hydroxylation sites is 2. The monoisotopic (exact) mass is 640 g/mol. The molecule has 5 nitrogen and oxygen atoms in total. The van der Waals surface area contributed by atoms with Crippen molar-refractivity contribution in [2.24, 2.45) is 0 Å². The molecular formula is C45H28N4O. The standard InChI is InChI=1S/C45H28N4O/c1-4-12-30(13-5-1)43-46-44(31-14-6-2-7-15-31)48-45(47-43)32-22-20-29(21-23-32)33-24-25-37-40(28-33)50-39-27-26-36-35-18-10-11-19-38(35)49(42(36)41(37)39)34-16-8-3-9-17-34/h1-28H. The van der Waals surface area contributed by atoms with Gasteiger partial charge in [0.05, 0.1) is 16.4 Å². The number of furan rings is 1. The maximum atomic E-state index is 6.57. The molecule has 50 heavy (non-hydrogen) atoms. The van der Waals surface area contributed by atoms with Crippen LogP contribution in [0, 0.1) is 0 Å². The van der Waals surface area contributed by atoms with Gasteiger partial charge in [-0.3, -0.25) is 0 Å². The number of rotatable bonds is 5. The van der Waals surface area contributed by atoms with Crippen LogP contribution in [0.15, 0.2) is 174 Å². The van der Waals surface area contributed by atoms with Crippen molar-refractivity contribution >= 4 is 43.7 Å². The Morgan fingerprint density at radius 3 is 1.56 bits per heavy atom. The van der Waals surface area contributed by atoms with Gasteiger partial charge in [0, 0.05) is 38.5 Å². The molecule has 0 bridgehead atoms. The number of benzene rings is 7. The molecule has 0 unspecified atom stereocenters. The van der Waals surface area contributed by atoms with E-state index in [1.54, 1.807) is 0 Å². The zero-order valence-corrected chi connectivity index (χ0v) is 26.9. The van der Waals surface area contributed by atoms with Crippen LogP contribution >= 0.6 is 0 Å². The maximum absolute atomic E-state index is 6.57. The molecule has 0 saturated heterocycles. The number of aromatic nitrogens is 4. The molecule has 5 heteroatoms. The third-order valence-electron chi connectivity index (χ3n) is 9.46. The molecule has 0 amide bonds. The van der Waals surface area contributed by atoms with Crippen molar-refractivity contribution < 1.29 is 4.42 Å². The van der Waals surface area contributed by atoms with E-state index >= 15 is 0 Å². The fourth-order valence-corrected chi connectivity index (χ4v) is 7.09. The summed E-state index contributed by atoms with van der Waals surface area (Å²) in [6, 6.07) is 58.5. The zero-order chi connectivity index (χ0) is 33.0. The molecule has 0 saturated carbocycles. The minimum absolute atomic E-state index is 0.634. The van der Waals surface area contributed by atoms with E-state index in [2.05, 4.69) is 114 Å². The van der Waals surface area contributed by atoms with Gasteiger partial charge < -0.3 is 8.98 Å². The van der Waals surface area contributed by atoms with E-state index in [-0.39, 0.29) is 0 Å². The second-order valence-electron chi connectivity index (χ2n) is 12.5. The van der Waals surface area contributed by atoms with Crippen LogP contribution < -0.4 is 0 Å². The lowest BCUT2D eigenvalue weighted by Crippen LogP contribution is -2.00.